The lowest BCUT2D eigenvalue weighted by Crippen LogP contribution is -2.60. The molecule has 1 aliphatic rings. The number of hydrogen-bond donors (Lipinski definition) is 14. The molecule has 0 aliphatic carbocycles. The van der Waals surface area contributed by atoms with Gasteiger partial charge in [-0.1, -0.05) is 18.2 Å². The molecule has 0 bridgehead atoms. The van der Waals surface area contributed by atoms with E-state index in [1.807, 2.05) is 0 Å². The van der Waals surface area contributed by atoms with E-state index in [0.717, 1.165) is 0 Å². The number of aliphatic imine (C=N–C) groups is 1. The first-order chi connectivity index (χ1) is 31.8. The molecule has 3 rings (SSSR count). The van der Waals surface area contributed by atoms with Gasteiger partial charge in [0.1, 0.15) is 36.3 Å². The van der Waals surface area contributed by atoms with Crippen molar-refractivity contribution in [1.82, 2.24) is 41.8 Å². The Morgan fingerprint density at radius 1 is 0.836 bits per heavy atom. The van der Waals surface area contributed by atoms with Gasteiger partial charge < -0.3 is 80.0 Å². The standard InChI is InChI=1S/C42H65N13O12/c1-55-18-7-5-10-25(44)35(60)54-32(22-56)40(65)49-27(13-8-17-47-42(45)46)36(61)52-30(19-23-21-48-26-11-3-2-9-24(23)26)38(63)53-31(20-34(58)59)39(64)50-28(14-15-33(55)57)37(62)51-29(41(66)67)12-4-6-16-43/h2-3,9,11,21,25,27-32,48,56H,4-8,10,12-20,22,43-44H2,1H3,(H,49,65)(H,50,64)(H,51,62)(H,52,61)(H,53,63)(H,54,60)(H,58,59)(H,66,67)(H4,45,46,47)/t25-,27+,28-,29+,30+,31+,32+/m1/s1. The second kappa shape index (κ2) is 27.6. The molecule has 7 amide bonds. The zero-order valence-electron chi connectivity index (χ0n) is 37.5. The highest BCUT2D eigenvalue weighted by molar-refractivity contribution is 5.98. The lowest BCUT2D eigenvalue weighted by atomic mass is 10.0. The third-order valence-corrected chi connectivity index (χ3v) is 11.0. The summed E-state index contributed by atoms with van der Waals surface area (Å²) in [6, 6.07) is -3.68. The van der Waals surface area contributed by atoms with Crippen LogP contribution in [0.4, 0.5) is 0 Å². The topological polar surface area (TPSA) is 422 Å². The van der Waals surface area contributed by atoms with Crippen molar-refractivity contribution in [3.63, 3.8) is 0 Å². The monoisotopic (exact) mass is 943 g/mol. The van der Waals surface area contributed by atoms with Crippen molar-refractivity contribution in [3.8, 4) is 0 Å². The number of carbonyl (C=O) groups is 9. The molecule has 370 valence electrons. The Morgan fingerprint density at radius 2 is 1.48 bits per heavy atom. The number of aliphatic hydroxyl groups is 1. The second-order valence-electron chi connectivity index (χ2n) is 16.2. The number of carbonyl (C=O) groups excluding carboxylic acids is 7. The number of benzene rings is 1. The van der Waals surface area contributed by atoms with Crippen LogP contribution in [0.25, 0.3) is 10.9 Å². The molecule has 1 aromatic heterocycles. The number of nitrogens with two attached hydrogens (primary N) is 4. The number of carboxylic acids is 2. The highest BCUT2D eigenvalue weighted by Crippen LogP contribution is 2.20. The summed E-state index contributed by atoms with van der Waals surface area (Å²) in [6.07, 6.45) is 1.09. The number of nitrogens with one attached hydrogen (secondary N) is 7. The molecule has 2 heterocycles. The molecule has 7 atom stereocenters. The van der Waals surface area contributed by atoms with Crippen LogP contribution in [0.1, 0.15) is 76.2 Å². The molecule has 18 N–H and O–H groups in total. The van der Waals surface area contributed by atoms with Crippen molar-refractivity contribution >= 4 is 70.2 Å². The zero-order chi connectivity index (χ0) is 49.6. The minimum absolute atomic E-state index is 0.0104. The van der Waals surface area contributed by atoms with E-state index in [1.54, 1.807) is 30.5 Å². The minimum atomic E-state index is -1.90. The number of carboxylic acid groups (broad SMARTS) is 2. The number of unbranched alkanes of at least 4 members (excludes halogenated alkanes) is 1. The number of amides is 7. The van der Waals surface area contributed by atoms with Gasteiger partial charge in [0.25, 0.3) is 0 Å². The fraction of sp³-hybridized carbons (Fsp3) is 0.571. The average molecular weight is 944 g/mol. The molecule has 25 nitrogen and oxygen atoms in total. The number of H-pyrrole nitrogens is 1. The number of hydrogen-bond acceptors (Lipinski definition) is 13. The summed E-state index contributed by atoms with van der Waals surface area (Å²) in [7, 11) is 1.48. The molecule has 0 spiro atoms. The largest absolute Gasteiger partial charge is 0.481 e. The van der Waals surface area contributed by atoms with E-state index < -0.39 is 109 Å². The number of aromatic nitrogens is 1. The second-order valence-corrected chi connectivity index (χ2v) is 16.2. The van der Waals surface area contributed by atoms with Crippen molar-refractivity contribution in [1.29, 1.82) is 0 Å². The van der Waals surface area contributed by atoms with Gasteiger partial charge in [-0.2, -0.15) is 0 Å². The van der Waals surface area contributed by atoms with Crippen LogP contribution >= 0.6 is 0 Å². The van der Waals surface area contributed by atoms with Gasteiger partial charge >= 0.3 is 11.9 Å². The van der Waals surface area contributed by atoms with E-state index in [1.165, 1.54) is 11.9 Å². The number of aliphatic hydroxyl groups excluding tert-OH is 1. The van der Waals surface area contributed by atoms with Crippen LogP contribution in [-0.2, 0) is 49.6 Å². The number of nitrogens with zero attached hydrogens (tertiary/aromatic N) is 2. The first-order valence-electron chi connectivity index (χ1n) is 22.0. The molecule has 0 saturated carbocycles. The Hall–Kier alpha value is -6.86. The van der Waals surface area contributed by atoms with E-state index in [-0.39, 0.29) is 70.5 Å². The first kappa shape index (κ1) is 54.5. The maximum Gasteiger partial charge on any atom is 0.326 e. The van der Waals surface area contributed by atoms with Crippen molar-refractivity contribution in [2.24, 2.45) is 27.9 Å². The number of para-hydroxylation sites is 1. The summed E-state index contributed by atoms with van der Waals surface area (Å²) in [5, 5.41) is 45.1. The summed E-state index contributed by atoms with van der Waals surface area (Å²) in [5.74, 6) is -9.64. The van der Waals surface area contributed by atoms with E-state index in [0.29, 0.717) is 42.1 Å². The lowest BCUT2D eigenvalue weighted by molar-refractivity contribution is -0.143. The number of aromatic amines is 1. The maximum absolute atomic E-state index is 14.3. The molecule has 1 aromatic carbocycles. The van der Waals surface area contributed by atoms with Crippen LogP contribution in [0, 0.1) is 0 Å². The van der Waals surface area contributed by atoms with Crippen LogP contribution in [0.3, 0.4) is 0 Å². The molecular weight excluding hydrogens is 879 g/mol. The van der Waals surface area contributed by atoms with Crippen LogP contribution in [-0.4, -0.2) is 160 Å². The SMILES string of the molecule is CN1CCCC[C@@H](N)C(=O)N[C@@H](CO)C(=O)N[C@@H](CCCN=C(N)N)C(=O)N[C@@H](Cc2c[nH]c3ccccc23)C(=O)N[C@@H](CC(=O)O)C(=O)N[C@@H](C(=O)N[C@@H](CCCCN)C(=O)O)CCC1=O. The van der Waals surface area contributed by atoms with Crippen LogP contribution < -0.4 is 54.8 Å². The third-order valence-electron chi connectivity index (χ3n) is 11.0. The van der Waals surface area contributed by atoms with Crippen LogP contribution in [0.2, 0.25) is 0 Å². The molecule has 25 heteroatoms. The summed E-state index contributed by atoms with van der Waals surface area (Å²) >= 11 is 0. The summed E-state index contributed by atoms with van der Waals surface area (Å²) in [5.41, 5.74) is 23.7. The Labute approximate surface area is 386 Å². The predicted octanol–water partition coefficient (Wildman–Crippen LogP) is -3.90. The predicted molar refractivity (Wildman–Crippen MR) is 242 cm³/mol. The summed E-state index contributed by atoms with van der Waals surface area (Å²) in [4.78, 5) is 129. The fourth-order valence-corrected chi connectivity index (χ4v) is 7.17. The first-order valence-corrected chi connectivity index (χ1v) is 22.0. The van der Waals surface area contributed by atoms with Gasteiger partial charge in [0.15, 0.2) is 5.96 Å². The molecule has 1 saturated heterocycles. The molecule has 1 fully saturated rings. The normalized spacial score (nSPS) is 22.8. The fourth-order valence-electron chi connectivity index (χ4n) is 7.17. The van der Waals surface area contributed by atoms with Gasteiger partial charge in [0.2, 0.25) is 41.4 Å². The average Bonchev–Trinajstić information content (AvgIpc) is 3.69. The minimum Gasteiger partial charge on any atom is -0.481 e. The maximum atomic E-state index is 14.3. The Morgan fingerprint density at radius 3 is 2.15 bits per heavy atom. The molecule has 0 radical (unpaired) electrons. The molecule has 0 unspecified atom stereocenters. The Balaban J connectivity index is 2.10. The van der Waals surface area contributed by atoms with Crippen LogP contribution in [0.15, 0.2) is 35.5 Å². The number of aliphatic carboxylic acids is 2. The number of rotatable bonds is 16. The Bertz CT molecular complexity index is 2080. The van der Waals surface area contributed by atoms with Gasteiger partial charge in [-0.15, -0.1) is 0 Å². The van der Waals surface area contributed by atoms with Crippen molar-refractivity contribution in [2.75, 3.05) is 33.3 Å². The van der Waals surface area contributed by atoms with E-state index in [4.69, 9.17) is 22.9 Å². The van der Waals surface area contributed by atoms with E-state index in [2.05, 4.69) is 41.9 Å². The molecule has 1 aliphatic heterocycles. The van der Waals surface area contributed by atoms with Gasteiger partial charge in [-0.25, -0.2) is 4.79 Å². The van der Waals surface area contributed by atoms with Crippen LogP contribution in [0.5, 0.6) is 0 Å². The molecular formula is C42H65N13O12. The smallest absolute Gasteiger partial charge is 0.326 e. The van der Waals surface area contributed by atoms with Gasteiger partial charge in [-0.05, 0) is 76.0 Å². The van der Waals surface area contributed by atoms with Gasteiger partial charge in [0, 0.05) is 50.1 Å². The summed E-state index contributed by atoms with van der Waals surface area (Å²) in [6.45, 7) is -0.450. The highest BCUT2D eigenvalue weighted by Gasteiger charge is 2.35. The lowest BCUT2D eigenvalue weighted by Gasteiger charge is -2.27. The number of guanidine groups is 1. The molecule has 67 heavy (non-hydrogen) atoms. The zero-order valence-corrected chi connectivity index (χ0v) is 37.5. The van der Waals surface area contributed by atoms with Crippen molar-refractivity contribution in [2.45, 2.75) is 119 Å². The quantitative estimate of drug-likeness (QED) is 0.0435. The van der Waals surface area contributed by atoms with Crippen molar-refractivity contribution < 1.29 is 58.5 Å². The summed E-state index contributed by atoms with van der Waals surface area (Å²) < 4.78 is 0. The van der Waals surface area contributed by atoms with Gasteiger partial charge in [-0.3, -0.25) is 43.3 Å². The number of fused-ring (bicyclic) bond motifs is 1. The van der Waals surface area contributed by atoms with Crippen molar-refractivity contribution in [3.05, 3.63) is 36.0 Å². The van der Waals surface area contributed by atoms with E-state index in [9.17, 15) is 58.5 Å². The third kappa shape index (κ3) is 18.2. The van der Waals surface area contributed by atoms with E-state index >= 15 is 0 Å². The Kier molecular flexibility index (Phi) is 22.4. The molecule has 2 aromatic rings. The highest BCUT2D eigenvalue weighted by atomic mass is 16.4. The van der Waals surface area contributed by atoms with Gasteiger partial charge in [0.05, 0.1) is 19.1 Å².